The molecule has 108 valence electrons. The first-order valence-electron chi connectivity index (χ1n) is 6.56. The molecule has 1 aliphatic rings. The van der Waals surface area contributed by atoms with Crippen molar-refractivity contribution in [2.75, 3.05) is 18.0 Å². The van der Waals surface area contributed by atoms with Gasteiger partial charge in [0.05, 0.1) is 12.2 Å². The fraction of sp³-hybridized carbons (Fsp3) is 0.400. The molecule has 1 saturated heterocycles. The Labute approximate surface area is 117 Å². The minimum absolute atomic E-state index is 0.0834. The van der Waals surface area contributed by atoms with Crippen molar-refractivity contribution in [2.45, 2.75) is 26.1 Å². The lowest BCUT2D eigenvalue weighted by Gasteiger charge is -2.37. The van der Waals surface area contributed by atoms with Crippen LogP contribution in [0.1, 0.15) is 19.4 Å². The molecule has 1 aromatic rings. The van der Waals surface area contributed by atoms with Crippen molar-refractivity contribution in [2.24, 2.45) is 0 Å². The van der Waals surface area contributed by atoms with Gasteiger partial charge >= 0.3 is 5.97 Å². The van der Waals surface area contributed by atoms with E-state index < -0.39 is 5.97 Å². The van der Waals surface area contributed by atoms with Gasteiger partial charge < -0.3 is 14.7 Å². The van der Waals surface area contributed by atoms with Gasteiger partial charge in [0.25, 0.3) is 0 Å². The van der Waals surface area contributed by atoms with Crippen molar-refractivity contribution in [1.82, 2.24) is 0 Å². The number of carboxylic acid groups (broad SMARTS) is 1. The SMILES string of the molecule is C[C@@H]1CN(c2ccc(F)cc2/C=C/C(=O)O)C[C@H](C)O1. The predicted octanol–water partition coefficient (Wildman–Crippen LogP) is 2.54. The molecule has 1 heterocycles. The molecule has 0 aliphatic carbocycles. The van der Waals surface area contributed by atoms with Crippen molar-refractivity contribution in [3.63, 3.8) is 0 Å². The molecule has 0 radical (unpaired) electrons. The van der Waals surface area contributed by atoms with Gasteiger partial charge in [-0.1, -0.05) is 0 Å². The maximum absolute atomic E-state index is 13.4. The number of aliphatic carboxylic acids is 1. The molecule has 0 saturated carbocycles. The Morgan fingerprint density at radius 2 is 2.05 bits per heavy atom. The summed E-state index contributed by atoms with van der Waals surface area (Å²) in [5.74, 6) is -1.43. The molecule has 5 heteroatoms. The molecule has 0 aromatic heterocycles. The Kier molecular flexibility index (Phi) is 4.39. The van der Waals surface area contributed by atoms with Crippen LogP contribution in [0.25, 0.3) is 6.08 Å². The Balaban J connectivity index is 2.32. The number of hydrogen-bond donors (Lipinski definition) is 1. The Hall–Kier alpha value is -1.88. The number of nitrogens with zero attached hydrogens (tertiary/aromatic N) is 1. The maximum Gasteiger partial charge on any atom is 0.328 e. The summed E-state index contributed by atoms with van der Waals surface area (Å²) in [7, 11) is 0. The topological polar surface area (TPSA) is 49.8 Å². The first kappa shape index (κ1) is 14.5. The zero-order chi connectivity index (χ0) is 14.7. The molecule has 2 rings (SSSR count). The monoisotopic (exact) mass is 279 g/mol. The first-order valence-corrected chi connectivity index (χ1v) is 6.56. The van der Waals surface area contributed by atoms with Gasteiger partial charge in [-0.2, -0.15) is 0 Å². The van der Waals surface area contributed by atoms with Gasteiger partial charge in [-0.3, -0.25) is 0 Å². The van der Waals surface area contributed by atoms with Crippen LogP contribution in [0.15, 0.2) is 24.3 Å². The van der Waals surface area contributed by atoms with E-state index in [-0.39, 0.29) is 18.0 Å². The van der Waals surface area contributed by atoms with Crippen molar-refractivity contribution in [3.05, 3.63) is 35.7 Å². The second-order valence-corrected chi connectivity index (χ2v) is 5.04. The number of ether oxygens (including phenoxy) is 1. The average Bonchev–Trinajstić information content (AvgIpc) is 2.35. The normalized spacial score (nSPS) is 23.2. The molecule has 0 bridgehead atoms. The van der Waals surface area contributed by atoms with Gasteiger partial charge in [0.15, 0.2) is 0 Å². The van der Waals surface area contributed by atoms with E-state index in [1.165, 1.54) is 18.2 Å². The Morgan fingerprint density at radius 3 is 2.65 bits per heavy atom. The molecule has 4 nitrogen and oxygen atoms in total. The predicted molar refractivity (Wildman–Crippen MR) is 75.3 cm³/mol. The Morgan fingerprint density at radius 1 is 1.40 bits per heavy atom. The minimum Gasteiger partial charge on any atom is -0.478 e. The van der Waals surface area contributed by atoms with Crippen LogP contribution in [0.4, 0.5) is 10.1 Å². The standard InChI is InChI=1S/C15H18FNO3/c1-10-8-17(9-11(2)20-10)14-5-4-13(16)7-12(14)3-6-15(18)19/h3-7,10-11H,8-9H2,1-2H3,(H,18,19)/b6-3+/t10-,11+. The number of benzene rings is 1. The molecule has 1 N–H and O–H groups in total. The molecular weight excluding hydrogens is 261 g/mol. The van der Waals surface area contributed by atoms with Crippen molar-refractivity contribution in [3.8, 4) is 0 Å². The highest BCUT2D eigenvalue weighted by atomic mass is 19.1. The highest BCUT2D eigenvalue weighted by Crippen LogP contribution is 2.26. The van der Waals surface area contributed by atoms with Crippen molar-refractivity contribution in [1.29, 1.82) is 0 Å². The number of hydrogen-bond acceptors (Lipinski definition) is 3. The molecular formula is C15H18FNO3. The molecule has 0 amide bonds. The van der Waals surface area contributed by atoms with E-state index in [1.54, 1.807) is 6.07 Å². The third kappa shape index (κ3) is 3.57. The summed E-state index contributed by atoms with van der Waals surface area (Å²) < 4.78 is 19.0. The van der Waals surface area contributed by atoms with Crippen LogP contribution in [0, 0.1) is 5.82 Å². The summed E-state index contributed by atoms with van der Waals surface area (Å²) in [6.07, 6.45) is 2.61. The maximum atomic E-state index is 13.4. The average molecular weight is 279 g/mol. The number of rotatable bonds is 3. The zero-order valence-corrected chi connectivity index (χ0v) is 11.5. The van der Waals surface area contributed by atoms with E-state index in [9.17, 15) is 9.18 Å². The number of anilines is 1. The third-order valence-corrected chi connectivity index (χ3v) is 3.16. The molecule has 1 aliphatic heterocycles. The van der Waals surface area contributed by atoms with Crippen LogP contribution in [-0.4, -0.2) is 36.4 Å². The second kappa shape index (κ2) is 6.05. The van der Waals surface area contributed by atoms with Gasteiger partial charge in [-0.05, 0) is 38.1 Å². The van der Waals surface area contributed by atoms with Crippen LogP contribution in [0.2, 0.25) is 0 Å². The summed E-state index contributed by atoms with van der Waals surface area (Å²) in [4.78, 5) is 12.7. The number of carbonyl (C=O) groups is 1. The highest BCUT2D eigenvalue weighted by molar-refractivity contribution is 5.87. The summed E-state index contributed by atoms with van der Waals surface area (Å²) >= 11 is 0. The van der Waals surface area contributed by atoms with Gasteiger partial charge in [-0.25, -0.2) is 9.18 Å². The van der Waals surface area contributed by atoms with Crippen molar-refractivity contribution >= 4 is 17.7 Å². The number of halogens is 1. The number of morpholine rings is 1. The van der Waals surface area contributed by atoms with E-state index in [4.69, 9.17) is 9.84 Å². The van der Waals surface area contributed by atoms with Crippen molar-refractivity contribution < 1.29 is 19.0 Å². The largest absolute Gasteiger partial charge is 0.478 e. The van der Waals surface area contributed by atoms with E-state index in [1.807, 2.05) is 13.8 Å². The number of carboxylic acids is 1. The second-order valence-electron chi connectivity index (χ2n) is 5.04. The molecule has 1 aromatic carbocycles. The lowest BCUT2D eigenvalue weighted by atomic mass is 10.1. The third-order valence-electron chi connectivity index (χ3n) is 3.16. The van der Waals surface area contributed by atoms with E-state index in [0.717, 1.165) is 11.8 Å². The molecule has 20 heavy (non-hydrogen) atoms. The molecule has 0 unspecified atom stereocenters. The lowest BCUT2D eigenvalue weighted by molar-refractivity contribution is -0.131. The van der Waals surface area contributed by atoms with E-state index in [0.29, 0.717) is 18.7 Å². The van der Waals surface area contributed by atoms with E-state index >= 15 is 0 Å². The molecule has 0 spiro atoms. The van der Waals surface area contributed by atoms with E-state index in [2.05, 4.69) is 4.90 Å². The van der Waals surface area contributed by atoms with Crippen LogP contribution < -0.4 is 4.90 Å². The highest BCUT2D eigenvalue weighted by Gasteiger charge is 2.23. The summed E-state index contributed by atoms with van der Waals surface area (Å²) in [6.45, 7) is 5.37. The van der Waals surface area contributed by atoms with Crippen LogP contribution in [0.3, 0.4) is 0 Å². The Bertz CT molecular complexity index is 520. The quantitative estimate of drug-likeness (QED) is 0.864. The summed E-state index contributed by atoms with van der Waals surface area (Å²) in [5, 5.41) is 8.72. The zero-order valence-electron chi connectivity index (χ0n) is 11.5. The fourth-order valence-corrected chi connectivity index (χ4v) is 2.48. The van der Waals surface area contributed by atoms with Crippen LogP contribution in [0.5, 0.6) is 0 Å². The fourth-order valence-electron chi connectivity index (χ4n) is 2.48. The van der Waals surface area contributed by atoms with Crippen LogP contribution >= 0.6 is 0 Å². The minimum atomic E-state index is -1.05. The van der Waals surface area contributed by atoms with Gasteiger partial charge in [0.2, 0.25) is 0 Å². The summed E-state index contributed by atoms with van der Waals surface area (Å²) in [5.41, 5.74) is 1.39. The van der Waals surface area contributed by atoms with Crippen LogP contribution in [-0.2, 0) is 9.53 Å². The summed E-state index contributed by atoms with van der Waals surface area (Å²) in [6, 6.07) is 4.42. The van der Waals surface area contributed by atoms with Gasteiger partial charge in [0, 0.05) is 30.4 Å². The smallest absolute Gasteiger partial charge is 0.328 e. The molecule has 2 atom stereocenters. The molecule has 1 fully saturated rings. The van der Waals surface area contributed by atoms with Gasteiger partial charge in [-0.15, -0.1) is 0 Å². The van der Waals surface area contributed by atoms with Gasteiger partial charge in [0.1, 0.15) is 5.82 Å². The lowest BCUT2D eigenvalue weighted by Crippen LogP contribution is -2.45. The first-order chi connectivity index (χ1) is 9.45.